The third-order valence-electron chi connectivity index (χ3n) is 2.01. The molecule has 0 unspecified atom stereocenters. The maximum atomic E-state index is 12.9. The molecule has 0 amide bonds. The summed E-state index contributed by atoms with van der Waals surface area (Å²) in [5, 5.41) is 4.08. The molecule has 0 aliphatic heterocycles. The van der Waals surface area contributed by atoms with Crippen molar-refractivity contribution in [3.05, 3.63) is 47.5 Å². The number of aryl methyl sites for hydroxylation is 1. The molecular formula is C11H11FN4. The first-order chi connectivity index (χ1) is 7.65. The van der Waals surface area contributed by atoms with Crippen LogP contribution in [0.5, 0.6) is 0 Å². The first-order valence-corrected chi connectivity index (χ1v) is 4.76. The topological polar surface area (TPSA) is 56.2 Å². The monoisotopic (exact) mass is 218 g/mol. The summed E-state index contributed by atoms with van der Waals surface area (Å²) in [6, 6.07) is 6.16. The van der Waals surface area contributed by atoms with Gasteiger partial charge in [-0.1, -0.05) is 12.1 Å². The minimum atomic E-state index is -0.293. The van der Waals surface area contributed by atoms with Crippen LogP contribution in [0.15, 0.2) is 35.6 Å². The highest BCUT2D eigenvalue weighted by Crippen LogP contribution is 2.04. The summed E-state index contributed by atoms with van der Waals surface area (Å²) in [7, 11) is 0. The van der Waals surface area contributed by atoms with Gasteiger partial charge in [0.15, 0.2) is 0 Å². The lowest BCUT2D eigenvalue weighted by Gasteiger charge is -1.95. The number of halogens is 1. The number of nitrogens with zero attached hydrogens (tertiary/aromatic N) is 3. The molecule has 0 radical (unpaired) electrons. The van der Waals surface area contributed by atoms with Gasteiger partial charge in [-0.15, -0.1) is 0 Å². The van der Waals surface area contributed by atoms with Gasteiger partial charge in [-0.2, -0.15) is 5.10 Å². The van der Waals surface area contributed by atoms with E-state index in [-0.39, 0.29) is 5.82 Å². The van der Waals surface area contributed by atoms with Gasteiger partial charge in [-0.05, 0) is 24.6 Å². The van der Waals surface area contributed by atoms with Crippen molar-refractivity contribution >= 4 is 12.2 Å². The third-order valence-corrected chi connectivity index (χ3v) is 2.01. The number of rotatable bonds is 2. The summed E-state index contributed by atoms with van der Waals surface area (Å²) >= 11 is 0. The maximum absolute atomic E-state index is 12.9. The molecule has 0 aliphatic rings. The Labute approximate surface area is 92.2 Å². The van der Waals surface area contributed by atoms with E-state index in [9.17, 15) is 4.39 Å². The van der Waals surface area contributed by atoms with E-state index in [2.05, 4.69) is 10.1 Å². The number of hydrogen-bond acceptors (Lipinski definition) is 3. The minimum absolute atomic E-state index is 0.293. The number of imidazole rings is 1. The summed E-state index contributed by atoms with van der Waals surface area (Å²) < 4.78 is 14.3. The van der Waals surface area contributed by atoms with E-state index in [1.165, 1.54) is 23.0 Å². The molecule has 1 heterocycles. The number of benzene rings is 1. The predicted molar refractivity (Wildman–Crippen MR) is 60.8 cm³/mol. The molecule has 16 heavy (non-hydrogen) atoms. The lowest BCUT2D eigenvalue weighted by Crippen LogP contribution is -1.97. The van der Waals surface area contributed by atoms with Gasteiger partial charge >= 0.3 is 0 Å². The zero-order chi connectivity index (χ0) is 11.5. The normalized spacial score (nSPS) is 11.1. The maximum Gasteiger partial charge on any atom is 0.221 e. The first kappa shape index (κ1) is 10.4. The summed E-state index contributed by atoms with van der Waals surface area (Å²) in [6.07, 6.45) is 3.23. The number of nitrogen functional groups attached to an aromatic ring is 1. The van der Waals surface area contributed by atoms with Crippen LogP contribution in [0.25, 0.3) is 0 Å². The molecule has 2 rings (SSSR count). The summed E-state index contributed by atoms with van der Waals surface area (Å²) in [4.78, 5) is 3.99. The standard InChI is InChI=1S/C11H11FN4/c1-8-7-16(11(13)15-8)14-6-9-3-2-4-10(12)5-9/h2-7H,1H3,(H2,13,15). The van der Waals surface area contributed by atoms with Crippen molar-refractivity contribution in [2.45, 2.75) is 6.92 Å². The predicted octanol–water partition coefficient (Wildman–Crippen LogP) is 1.80. The molecule has 0 bridgehead atoms. The number of nitrogens with two attached hydrogens (primary N) is 1. The van der Waals surface area contributed by atoms with Crippen molar-refractivity contribution < 1.29 is 4.39 Å². The van der Waals surface area contributed by atoms with Crippen LogP contribution in [0, 0.1) is 12.7 Å². The number of anilines is 1. The van der Waals surface area contributed by atoms with Crippen molar-refractivity contribution in [2.75, 3.05) is 5.73 Å². The van der Waals surface area contributed by atoms with Gasteiger partial charge < -0.3 is 5.73 Å². The van der Waals surface area contributed by atoms with E-state index in [4.69, 9.17) is 5.73 Å². The average Bonchev–Trinajstić information content (AvgIpc) is 2.54. The Balaban J connectivity index is 2.24. The quantitative estimate of drug-likeness (QED) is 0.781. The molecule has 0 aliphatic carbocycles. The highest BCUT2D eigenvalue weighted by Gasteiger charge is 1.98. The highest BCUT2D eigenvalue weighted by atomic mass is 19.1. The van der Waals surface area contributed by atoms with Crippen LogP contribution in [0.3, 0.4) is 0 Å². The zero-order valence-electron chi connectivity index (χ0n) is 8.76. The fourth-order valence-electron chi connectivity index (χ4n) is 1.31. The van der Waals surface area contributed by atoms with Crippen LogP contribution in [0.4, 0.5) is 10.3 Å². The van der Waals surface area contributed by atoms with Crippen molar-refractivity contribution in [1.82, 2.24) is 9.66 Å². The van der Waals surface area contributed by atoms with Gasteiger partial charge in [0.2, 0.25) is 5.95 Å². The number of hydrogen-bond donors (Lipinski definition) is 1. The number of aromatic nitrogens is 2. The summed E-state index contributed by atoms with van der Waals surface area (Å²) in [5.41, 5.74) is 7.06. The molecule has 0 fully saturated rings. The zero-order valence-corrected chi connectivity index (χ0v) is 8.76. The van der Waals surface area contributed by atoms with Gasteiger partial charge in [-0.25, -0.2) is 14.1 Å². The molecule has 2 N–H and O–H groups in total. The second-order valence-corrected chi connectivity index (χ2v) is 3.38. The summed E-state index contributed by atoms with van der Waals surface area (Å²) in [5.74, 6) is 0.0175. The highest BCUT2D eigenvalue weighted by molar-refractivity contribution is 5.79. The van der Waals surface area contributed by atoms with E-state index < -0.39 is 0 Å². The van der Waals surface area contributed by atoms with Gasteiger partial charge in [-0.3, -0.25) is 0 Å². The molecular weight excluding hydrogens is 207 g/mol. The van der Waals surface area contributed by atoms with Crippen molar-refractivity contribution in [1.29, 1.82) is 0 Å². The second-order valence-electron chi connectivity index (χ2n) is 3.38. The van der Waals surface area contributed by atoms with Crippen LogP contribution in [-0.4, -0.2) is 15.9 Å². The Bertz CT molecular complexity index is 531. The molecule has 0 spiro atoms. The Morgan fingerprint density at radius 1 is 1.50 bits per heavy atom. The molecule has 0 saturated carbocycles. The van der Waals surface area contributed by atoms with Crippen LogP contribution >= 0.6 is 0 Å². The molecule has 82 valence electrons. The fourth-order valence-corrected chi connectivity index (χ4v) is 1.31. The van der Waals surface area contributed by atoms with Gasteiger partial charge in [0.05, 0.1) is 18.1 Å². The molecule has 5 heteroatoms. The Hall–Kier alpha value is -2.17. The molecule has 1 aromatic heterocycles. The van der Waals surface area contributed by atoms with Crippen LogP contribution in [0.2, 0.25) is 0 Å². The Kier molecular flexibility index (Phi) is 2.68. The molecule has 0 saturated heterocycles. The van der Waals surface area contributed by atoms with E-state index >= 15 is 0 Å². The van der Waals surface area contributed by atoms with Gasteiger partial charge in [0.1, 0.15) is 5.82 Å². The Morgan fingerprint density at radius 2 is 2.31 bits per heavy atom. The molecule has 2 aromatic rings. The van der Waals surface area contributed by atoms with E-state index in [1.54, 1.807) is 18.3 Å². The molecule has 4 nitrogen and oxygen atoms in total. The van der Waals surface area contributed by atoms with E-state index in [0.29, 0.717) is 11.5 Å². The lowest BCUT2D eigenvalue weighted by atomic mass is 10.2. The van der Waals surface area contributed by atoms with E-state index in [0.717, 1.165) is 5.69 Å². The SMILES string of the molecule is Cc1cn(N=Cc2cccc(F)c2)c(N)n1. The Morgan fingerprint density at radius 3 is 2.94 bits per heavy atom. The van der Waals surface area contributed by atoms with Crippen molar-refractivity contribution in [2.24, 2.45) is 5.10 Å². The second kappa shape index (κ2) is 4.14. The van der Waals surface area contributed by atoms with Gasteiger partial charge in [0, 0.05) is 0 Å². The van der Waals surface area contributed by atoms with Crippen molar-refractivity contribution in [3.8, 4) is 0 Å². The van der Waals surface area contributed by atoms with Gasteiger partial charge in [0.25, 0.3) is 0 Å². The fraction of sp³-hybridized carbons (Fsp3) is 0.0909. The van der Waals surface area contributed by atoms with E-state index in [1.807, 2.05) is 6.92 Å². The average molecular weight is 218 g/mol. The smallest absolute Gasteiger partial charge is 0.221 e. The van der Waals surface area contributed by atoms with Crippen LogP contribution in [-0.2, 0) is 0 Å². The molecule has 1 aromatic carbocycles. The largest absolute Gasteiger partial charge is 0.368 e. The van der Waals surface area contributed by atoms with Crippen molar-refractivity contribution in [3.63, 3.8) is 0 Å². The molecule has 0 atom stereocenters. The summed E-state index contributed by atoms with van der Waals surface area (Å²) in [6.45, 7) is 1.82. The van der Waals surface area contributed by atoms with Crippen LogP contribution < -0.4 is 5.73 Å². The van der Waals surface area contributed by atoms with Crippen LogP contribution in [0.1, 0.15) is 11.3 Å². The minimum Gasteiger partial charge on any atom is -0.368 e. The lowest BCUT2D eigenvalue weighted by molar-refractivity contribution is 0.627. The third kappa shape index (κ3) is 2.25. The first-order valence-electron chi connectivity index (χ1n) is 4.76.